The predicted molar refractivity (Wildman–Crippen MR) is 118 cm³/mol. The molecule has 184 valence electrons. The van der Waals surface area contributed by atoms with E-state index in [0.29, 0.717) is 62.1 Å². The number of alkyl halides is 3. The van der Waals surface area contributed by atoms with E-state index in [4.69, 9.17) is 5.21 Å². The van der Waals surface area contributed by atoms with Crippen molar-refractivity contribution in [3.63, 3.8) is 0 Å². The summed E-state index contributed by atoms with van der Waals surface area (Å²) < 4.78 is 56.0. The monoisotopic (exact) mass is 490 g/mol. The zero-order valence-corrected chi connectivity index (χ0v) is 18.5. The molecule has 0 spiro atoms. The fourth-order valence-electron chi connectivity index (χ4n) is 5.10. The van der Waals surface area contributed by atoms with Crippen LogP contribution in [0.3, 0.4) is 0 Å². The topological polar surface area (TPSA) is 90.8 Å². The van der Waals surface area contributed by atoms with E-state index in [-0.39, 0.29) is 23.2 Å². The Morgan fingerprint density at radius 3 is 2.54 bits per heavy atom. The summed E-state index contributed by atoms with van der Waals surface area (Å²) in [6, 6.07) is 4.83. The number of rotatable bonds is 3. The number of aromatic amines is 1. The van der Waals surface area contributed by atoms with Crippen molar-refractivity contribution in [3.8, 4) is 5.75 Å². The average Bonchev–Trinajstić information content (AvgIpc) is 3.21. The van der Waals surface area contributed by atoms with E-state index in [2.05, 4.69) is 19.9 Å². The summed E-state index contributed by atoms with van der Waals surface area (Å²) in [5, 5.41) is 13.2. The Bertz CT molecular complexity index is 1290. The van der Waals surface area contributed by atoms with Crippen molar-refractivity contribution in [2.45, 2.75) is 44.4 Å². The van der Waals surface area contributed by atoms with E-state index in [9.17, 15) is 18.0 Å². The molecule has 1 saturated heterocycles. The second kappa shape index (κ2) is 8.86. The molecule has 1 aliphatic carbocycles. The fourth-order valence-corrected chi connectivity index (χ4v) is 5.10. The molecule has 35 heavy (non-hydrogen) atoms. The van der Waals surface area contributed by atoms with Gasteiger partial charge < -0.3 is 19.8 Å². The van der Waals surface area contributed by atoms with E-state index < -0.39 is 12.1 Å². The zero-order valence-electron chi connectivity index (χ0n) is 18.5. The minimum atomic E-state index is -4.80. The number of hydrogen-bond donors (Lipinski definition) is 2. The highest BCUT2D eigenvalue weighted by Crippen LogP contribution is 2.39. The van der Waals surface area contributed by atoms with Gasteiger partial charge in [-0.25, -0.2) is 9.37 Å². The highest BCUT2D eigenvalue weighted by Gasteiger charge is 2.32. The molecular formula is C24H22F4N4O3. The van der Waals surface area contributed by atoms with Crippen LogP contribution in [0.4, 0.5) is 17.6 Å². The van der Waals surface area contributed by atoms with Gasteiger partial charge >= 0.3 is 6.36 Å². The molecular weight excluding hydrogens is 468 g/mol. The third kappa shape index (κ3) is 4.54. The number of aromatic nitrogens is 2. The quantitative estimate of drug-likeness (QED) is 0.309. The number of piperidine rings is 1. The normalized spacial score (nSPS) is 18.2. The summed E-state index contributed by atoms with van der Waals surface area (Å²) >= 11 is 0. The van der Waals surface area contributed by atoms with Crippen LogP contribution in [0.15, 0.2) is 35.6 Å². The summed E-state index contributed by atoms with van der Waals surface area (Å²) in [5.41, 5.74) is 3.99. The molecule has 2 N–H and O–H groups in total. The molecule has 7 nitrogen and oxygen atoms in total. The minimum absolute atomic E-state index is 0.111. The molecule has 11 heteroatoms. The van der Waals surface area contributed by atoms with Gasteiger partial charge in [0.15, 0.2) is 0 Å². The Kier molecular flexibility index (Phi) is 5.86. The number of ether oxygens (including phenoxy) is 1. The lowest BCUT2D eigenvalue weighted by molar-refractivity contribution is -0.274. The molecule has 3 aromatic rings. The van der Waals surface area contributed by atoms with Crippen LogP contribution in [0, 0.1) is 5.82 Å². The van der Waals surface area contributed by atoms with Crippen molar-refractivity contribution >= 4 is 22.7 Å². The maximum atomic E-state index is 15.1. The van der Waals surface area contributed by atoms with E-state index in [1.807, 2.05) is 0 Å². The third-order valence-electron chi connectivity index (χ3n) is 6.72. The lowest BCUT2D eigenvalue weighted by Crippen LogP contribution is -2.38. The van der Waals surface area contributed by atoms with E-state index in [1.165, 1.54) is 18.3 Å². The summed E-state index contributed by atoms with van der Waals surface area (Å²) in [7, 11) is 0. The molecule has 0 radical (unpaired) electrons. The molecule has 0 atom stereocenters. The first kappa shape index (κ1) is 23.1. The minimum Gasteiger partial charge on any atom is -0.411 e. The number of nitrogens with one attached hydrogen (secondary N) is 1. The third-order valence-corrected chi connectivity index (χ3v) is 6.72. The maximum absolute atomic E-state index is 15.1. The second-order valence-corrected chi connectivity index (χ2v) is 8.81. The first-order chi connectivity index (χ1) is 16.7. The van der Waals surface area contributed by atoms with Crippen LogP contribution in [-0.2, 0) is 12.8 Å². The number of oxime groups is 1. The van der Waals surface area contributed by atoms with Crippen molar-refractivity contribution in [2.75, 3.05) is 13.1 Å². The molecule has 0 bridgehead atoms. The Balaban J connectivity index is 1.33. The Labute approximate surface area is 197 Å². The Hall–Kier alpha value is -3.63. The van der Waals surface area contributed by atoms with Gasteiger partial charge in [-0.3, -0.25) is 4.79 Å². The molecule has 1 aromatic carbocycles. The van der Waals surface area contributed by atoms with Gasteiger partial charge in [-0.05, 0) is 61.4 Å². The largest absolute Gasteiger partial charge is 0.573 e. The maximum Gasteiger partial charge on any atom is 0.573 e. The van der Waals surface area contributed by atoms with Gasteiger partial charge in [0.05, 0.1) is 11.9 Å². The van der Waals surface area contributed by atoms with Crippen LogP contribution in [0.1, 0.15) is 52.4 Å². The van der Waals surface area contributed by atoms with Crippen molar-refractivity contribution < 1.29 is 32.3 Å². The van der Waals surface area contributed by atoms with Crippen molar-refractivity contribution in [1.29, 1.82) is 0 Å². The molecule has 0 saturated carbocycles. The standard InChI is InChI=1S/C24H22F4N4O3/c25-18-12-29-22-21(17-6-3-15(31-34)11-19(17)30-22)20(18)13-7-9-32(10-8-13)23(33)14-1-4-16(5-2-14)35-24(26,27)28/h1-2,4-5,12-13,34H,3,6-11H2,(H,29,30)/b31-15+. The van der Waals surface area contributed by atoms with E-state index >= 15 is 4.39 Å². The highest BCUT2D eigenvalue weighted by atomic mass is 19.4. The lowest BCUT2D eigenvalue weighted by Gasteiger charge is -2.33. The molecule has 2 aliphatic rings. The number of amides is 1. The van der Waals surface area contributed by atoms with Crippen molar-refractivity contribution in [1.82, 2.24) is 14.9 Å². The lowest BCUT2D eigenvalue weighted by atomic mass is 9.84. The summed E-state index contributed by atoms with van der Waals surface area (Å²) in [4.78, 5) is 22.0. The SMILES string of the molecule is O=C(c1ccc(OC(F)(F)F)cc1)N1CCC(c2c(F)cnc3[nH]c4c(c23)CC/C(=N\O)C4)CC1. The van der Waals surface area contributed by atoms with E-state index in [1.54, 1.807) is 4.90 Å². The average molecular weight is 490 g/mol. The van der Waals surface area contributed by atoms with Gasteiger partial charge in [-0.2, -0.15) is 0 Å². The molecule has 3 heterocycles. The molecule has 1 fully saturated rings. The molecule has 0 unspecified atom stereocenters. The number of carbonyl (C=O) groups excluding carboxylic acids is 1. The van der Waals surface area contributed by atoms with Gasteiger partial charge in [0, 0.05) is 41.7 Å². The van der Waals surface area contributed by atoms with Crippen molar-refractivity contribution in [2.24, 2.45) is 5.16 Å². The van der Waals surface area contributed by atoms with E-state index in [0.717, 1.165) is 28.8 Å². The molecule has 1 amide bonds. The van der Waals surface area contributed by atoms with Crippen LogP contribution in [0.5, 0.6) is 5.75 Å². The molecule has 1 aliphatic heterocycles. The molecule has 5 rings (SSSR count). The number of aryl methyl sites for hydroxylation is 1. The highest BCUT2D eigenvalue weighted by molar-refractivity contribution is 5.95. The predicted octanol–water partition coefficient (Wildman–Crippen LogP) is 4.94. The number of hydrogen-bond acceptors (Lipinski definition) is 5. The zero-order chi connectivity index (χ0) is 24.7. The van der Waals surface area contributed by atoms with Gasteiger partial charge in [0.2, 0.25) is 0 Å². The number of benzene rings is 1. The van der Waals surface area contributed by atoms with Crippen molar-refractivity contribution in [3.05, 3.63) is 58.7 Å². The number of halogens is 4. The number of carbonyl (C=O) groups is 1. The fraction of sp³-hybridized carbons (Fsp3) is 0.375. The van der Waals surface area contributed by atoms with Gasteiger partial charge in [0.25, 0.3) is 5.91 Å². The Morgan fingerprint density at radius 2 is 1.89 bits per heavy atom. The van der Waals surface area contributed by atoms with Crippen LogP contribution >= 0.6 is 0 Å². The van der Waals surface area contributed by atoms with Crippen LogP contribution in [0.25, 0.3) is 11.0 Å². The first-order valence-electron chi connectivity index (χ1n) is 11.3. The van der Waals surface area contributed by atoms with Gasteiger partial charge in [-0.15, -0.1) is 13.2 Å². The van der Waals surface area contributed by atoms with Gasteiger partial charge in [0.1, 0.15) is 17.2 Å². The summed E-state index contributed by atoms with van der Waals surface area (Å²) in [6.45, 7) is 0.781. The number of likely N-dealkylation sites (tertiary alicyclic amines) is 1. The number of H-pyrrole nitrogens is 1. The first-order valence-corrected chi connectivity index (χ1v) is 11.3. The van der Waals surface area contributed by atoms with Gasteiger partial charge in [-0.1, -0.05) is 5.16 Å². The summed E-state index contributed by atoms with van der Waals surface area (Å²) in [6.07, 6.45) is -0.828. The number of nitrogens with zero attached hydrogens (tertiary/aromatic N) is 3. The number of fused-ring (bicyclic) bond motifs is 3. The van der Waals surface area contributed by atoms with Crippen LogP contribution < -0.4 is 4.74 Å². The summed E-state index contributed by atoms with van der Waals surface area (Å²) in [5.74, 6) is -1.18. The second-order valence-electron chi connectivity index (χ2n) is 8.81. The Morgan fingerprint density at radius 1 is 1.17 bits per heavy atom. The van der Waals surface area contributed by atoms with Crippen LogP contribution in [-0.4, -0.2) is 51.1 Å². The smallest absolute Gasteiger partial charge is 0.411 e. The number of pyridine rings is 1. The van der Waals surface area contributed by atoms with Crippen LogP contribution in [0.2, 0.25) is 0 Å². The molecule has 2 aromatic heterocycles.